The smallest absolute Gasteiger partial charge is 0.212 e. The molecule has 1 aromatic rings. The van der Waals surface area contributed by atoms with Crippen molar-refractivity contribution in [3.63, 3.8) is 0 Å². The molecule has 0 saturated carbocycles. The summed E-state index contributed by atoms with van der Waals surface area (Å²) in [5, 5.41) is 0. The molecular weight excluding hydrogens is 192 g/mol. The summed E-state index contributed by atoms with van der Waals surface area (Å²) in [6, 6.07) is 6.91. The van der Waals surface area contributed by atoms with Crippen LogP contribution in [0.1, 0.15) is 5.56 Å². The highest BCUT2D eigenvalue weighted by molar-refractivity contribution is 8.76. The van der Waals surface area contributed by atoms with Gasteiger partial charge in [0.15, 0.2) is 0 Å². The van der Waals surface area contributed by atoms with Crippen molar-refractivity contribution in [2.45, 2.75) is 4.90 Å². The van der Waals surface area contributed by atoms with Crippen molar-refractivity contribution >= 4 is 24.6 Å². The van der Waals surface area contributed by atoms with Gasteiger partial charge in [-0.1, -0.05) is 24.8 Å². The lowest BCUT2D eigenvalue weighted by molar-refractivity contribution is 0.611. The largest absolute Gasteiger partial charge is 0.235 e. The second-order valence-electron chi connectivity index (χ2n) is 2.46. The zero-order valence-electron chi connectivity index (χ0n) is 6.15. The molecule has 0 saturated heterocycles. The number of hydrogen-bond acceptors (Lipinski definition) is 3. The van der Waals surface area contributed by atoms with E-state index in [0.717, 1.165) is 16.4 Å². The Kier molecular flexibility index (Phi) is 1.56. The first-order valence-electron chi connectivity index (χ1n) is 3.34. The van der Waals surface area contributed by atoms with Crippen molar-refractivity contribution in [2.24, 2.45) is 0 Å². The molecule has 1 heterocycles. The molecule has 4 heteroatoms. The van der Waals surface area contributed by atoms with Gasteiger partial charge in [0, 0.05) is 21.3 Å². The van der Waals surface area contributed by atoms with Crippen LogP contribution in [0.5, 0.6) is 0 Å². The third-order valence-electron chi connectivity index (χ3n) is 1.67. The van der Waals surface area contributed by atoms with Crippen molar-refractivity contribution in [3.8, 4) is 0 Å². The normalized spacial score (nSPS) is 19.2. The first kappa shape index (κ1) is 7.89. The summed E-state index contributed by atoms with van der Waals surface area (Å²) in [6.45, 7) is 3.67. The summed E-state index contributed by atoms with van der Waals surface area (Å²) in [5.41, 5.74) is 0.738. The lowest BCUT2D eigenvalue weighted by atomic mass is 10.2. The fourth-order valence-corrected chi connectivity index (χ4v) is 4.30. The van der Waals surface area contributed by atoms with E-state index in [-0.39, 0.29) is 0 Å². The summed E-state index contributed by atoms with van der Waals surface area (Å²) in [5.74, 6) is 0. The van der Waals surface area contributed by atoms with Crippen LogP contribution in [0.15, 0.2) is 35.7 Å². The molecule has 1 aromatic carbocycles. The van der Waals surface area contributed by atoms with Crippen molar-refractivity contribution in [1.82, 2.24) is 0 Å². The van der Waals surface area contributed by atoms with Crippen LogP contribution >= 0.6 is 10.8 Å². The van der Waals surface area contributed by atoms with Crippen molar-refractivity contribution in [3.05, 3.63) is 36.4 Å². The van der Waals surface area contributed by atoms with E-state index in [4.69, 9.17) is 0 Å². The van der Waals surface area contributed by atoms with Gasteiger partial charge in [0.2, 0.25) is 8.87 Å². The van der Waals surface area contributed by atoms with E-state index in [1.807, 2.05) is 6.07 Å². The molecule has 0 aromatic heterocycles. The monoisotopic (exact) mass is 198 g/mol. The highest BCUT2D eigenvalue weighted by Gasteiger charge is 2.29. The Morgan fingerprint density at radius 3 is 2.58 bits per heavy atom. The zero-order valence-corrected chi connectivity index (χ0v) is 7.78. The second kappa shape index (κ2) is 2.37. The van der Waals surface area contributed by atoms with E-state index in [1.165, 1.54) is 0 Å². The quantitative estimate of drug-likeness (QED) is 0.599. The van der Waals surface area contributed by atoms with Crippen LogP contribution in [0.3, 0.4) is 0 Å². The highest BCUT2D eigenvalue weighted by atomic mass is 33.1. The van der Waals surface area contributed by atoms with Crippen LogP contribution in [0, 0.1) is 0 Å². The number of hydrogen-bond donors (Lipinski definition) is 0. The molecule has 2 nitrogen and oxygen atoms in total. The van der Waals surface area contributed by atoms with Crippen LogP contribution in [-0.4, -0.2) is 8.42 Å². The van der Waals surface area contributed by atoms with Gasteiger partial charge >= 0.3 is 0 Å². The average molecular weight is 198 g/mol. The minimum Gasteiger partial charge on any atom is -0.212 e. The Labute approximate surface area is 74.6 Å². The molecule has 0 spiro atoms. The Hall–Kier alpha value is -0.740. The zero-order chi connectivity index (χ0) is 8.77. The maximum atomic E-state index is 11.4. The molecule has 0 radical (unpaired) electrons. The topological polar surface area (TPSA) is 34.1 Å². The predicted octanol–water partition coefficient (Wildman–Crippen LogP) is 2.09. The third kappa shape index (κ3) is 0.990. The van der Waals surface area contributed by atoms with Gasteiger partial charge in [-0.05, 0) is 6.07 Å². The standard InChI is InChI=1S/C8H6O2S2/c1-6-7-4-2-3-5-8(7)12(9,10)11-6/h2-5H,1H2. The van der Waals surface area contributed by atoms with Crippen LogP contribution in [0.4, 0.5) is 0 Å². The van der Waals surface area contributed by atoms with Gasteiger partial charge in [0.25, 0.3) is 0 Å². The van der Waals surface area contributed by atoms with Gasteiger partial charge in [0.05, 0.1) is 4.90 Å². The lowest BCUT2D eigenvalue weighted by Crippen LogP contribution is -1.88. The van der Waals surface area contributed by atoms with E-state index in [2.05, 4.69) is 6.58 Å². The Bertz CT molecular complexity index is 446. The summed E-state index contributed by atoms with van der Waals surface area (Å²) < 4.78 is 22.7. The minimum absolute atomic E-state index is 0.389. The molecule has 0 bridgehead atoms. The molecule has 62 valence electrons. The maximum Gasteiger partial charge on any atom is 0.235 e. The van der Waals surface area contributed by atoms with Crippen LogP contribution in [-0.2, 0) is 8.87 Å². The van der Waals surface area contributed by atoms with Gasteiger partial charge in [-0.15, -0.1) is 0 Å². The van der Waals surface area contributed by atoms with Crippen LogP contribution < -0.4 is 0 Å². The molecule has 0 atom stereocenters. The second-order valence-corrected chi connectivity index (χ2v) is 6.28. The van der Waals surface area contributed by atoms with E-state index < -0.39 is 8.87 Å². The number of rotatable bonds is 0. The van der Waals surface area contributed by atoms with Crippen molar-refractivity contribution in [2.75, 3.05) is 0 Å². The van der Waals surface area contributed by atoms with Gasteiger partial charge < -0.3 is 0 Å². The summed E-state index contributed by atoms with van der Waals surface area (Å²) in [7, 11) is -2.31. The van der Waals surface area contributed by atoms with Gasteiger partial charge in [-0.25, -0.2) is 8.42 Å². The molecule has 1 aliphatic heterocycles. The first-order valence-corrected chi connectivity index (χ1v) is 6.16. The summed E-state index contributed by atoms with van der Waals surface area (Å²) in [6.07, 6.45) is 0. The Balaban J connectivity index is 2.83. The fraction of sp³-hybridized carbons (Fsp3) is 0. The molecule has 0 unspecified atom stereocenters. The molecule has 0 amide bonds. The summed E-state index contributed by atoms with van der Waals surface area (Å²) in [4.78, 5) is 1.01. The van der Waals surface area contributed by atoms with Crippen molar-refractivity contribution < 1.29 is 8.42 Å². The Morgan fingerprint density at radius 1 is 1.25 bits per heavy atom. The van der Waals surface area contributed by atoms with Gasteiger partial charge in [-0.3, -0.25) is 0 Å². The Morgan fingerprint density at radius 2 is 1.92 bits per heavy atom. The number of fused-ring (bicyclic) bond motifs is 1. The van der Waals surface area contributed by atoms with E-state index in [9.17, 15) is 8.42 Å². The van der Waals surface area contributed by atoms with Gasteiger partial charge in [0.1, 0.15) is 0 Å². The fourth-order valence-electron chi connectivity index (χ4n) is 1.14. The van der Waals surface area contributed by atoms with Crippen LogP contribution in [0.25, 0.3) is 4.91 Å². The SMILES string of the molecule is C=C1SS(=O)(=O)c2ccccc21. The van der Waals surface area contributed by atoms with E-state index >= 15 is 0 Å². The molecule has 0 fully saturated rings. The van der Waals surface area contributed by atoms with Crippen molar-refractivity contribution in [1.29, 1.82) is 0 Å². The minimum atomic E-state index is -3.14. The summed E-state index contributed by atoms with van der Waals surface area (Å²) >= 11 is 0. The van der Waals surface area contributed by atoms with Crippen LogP contribution in [0.2, 0.25) is 0 Å². The number of benzene rings is 1. The highest BCUT2D eigenvalue weighted by Crippen LogP contribution is 2.45. The lowest BCUT2D eigenvalue weighted by Gasteiger charge is -1.92. The molecular formula is C8H6O2S2. The molecule has 0 N–H and O–H groups in total. The average Bonchev–Trinajstić information content (AvgIpc) is 2.25. The first-order chi connectivity index (χ1) is 5.61. The molecule has 2 rings (SSSR count). The molecule has 0 aliphatic carbocycles. The molecule has 1 aliphatic rings. The van der Waals surface area contributed by atoms with E-state index in [0.29, 0.717) is 9.80 Å². The molecule has 12 heavy (non-hydrogen) atoms. The van der Waals surface area contributed by atoms with E-state index in [1.54, 1.807) is 18.2 Å². The predicted molar refractivity (Wildman–Crippen MR) is 50.3 cm³/mol. The maximum absolute atomic E-state index is 11.4. The van der Waals surface area contributed by atoms with Gasteiger partial charge in [-0.2, -0.15) is 0 Å². The third-order valence-corrected chi connectivity index (χ3v) is 5.00.